The Morgan fingerprint density at radius 2 is 1.00 bits per heavy atom. The van der Waals surface area contributed by atoms with Gasteiger partial charge >= 0.3 is 0 Å². The van der Waals surface area contributed by atoms with E-state index in [1.807, 2.05) is 11.3 Å². The molecule has 230 valence electrons. The Labute approximate surface area is 288 Å². The Bertz CT molecular complexity index is 2770. The Morgan fingerprint density at radius 3 is 1.76 bits per heavy atom. The van der Waals surface area contributed by atoms with E-state index >= 15 is 0 Å². The molecule has 10 aromatic rings. The van der Waals surface area contributed by atoms with Crippen molar-refractivity contribution >= 4 is 81.1 Å². The van der Waals surface area contributed by atoms with E-state index in [0.29, 0.717) is 0 Å². The molecule has 0 fully saturated rings. The highest BCUT2D eigenvalue weighted by atomic mass is 32.1. The van der Waals surface area contributed by atoms with Crippen LogP contribution in [0.5, 0.6) is 0 Å². The SMILES string of the molecule is c1ccc(-c2ccc(N(c3cccc4ccccc34)c3cc(-n4c5ccccc5c5ccccc54)cc4c3sc3ccccc34)cc2)cc1. The van der Waals surface area contributed by atoms with Crippen molar-refractivity contribution in [2.45, 2.75) is 0 Å². The summed E-state index contributed by atoms with van der Waals surface area (Å²) in [7, 11) is 0. The lowest BCUT2D eigenvalue weighted by Gasteiger charge is -2.28. The molecule has 0 N–H and O–H groups in total. The van der Waals surface area contributed by atoms with Crippen LogP contribution < -0.4 is 4.90 Å². The van der Waals surface area contributed by atoms with Gasteiger partial charge in [-0.2, -0.15) is 0 Å². The van der Waals surface area contributed by atoms with E-state index in [1.54, 1.807) is 0 Å². The number of fused-ring (bicyclic) bond motifs is 7. The quantitative estimate of drug-likeness (QED) is 0.181. The maximum atomic E-state index is 2.48. The number of rotatable bonds is 5. The van der Waals surface area contributed by atoms with E-state index in [2.05, 4.69) is 191 Å². The van der Waals surface area contributed by atoms with Crippen molar-refractivity contribution in [3.8, 4) is 16.8 Å². The topological polar surface area (TPSA) is 8.17 Å². The molecule has 2 heterocycles. The molecule has 0 aliphatic rings. The molecule has 10 rings (SSSR count). The summed E-state index contributed by atoms with van der Waals surface area (Å²) in [5.74, 6) is 0. The van der Waals surface area contributed by atoms with E-state index in [0.717, 1.165) is 17.1 Å². The molecule has 0 spiro atoms. The maximum Gasteiger partial charge on any atom is 0.0661 e. The predicted molar refractivity (Wildman–Crippen MR) is 211 cm³/mol. The number of anilines is 3. The van der Waals surface area contributed by atoms with Gasteiger partial charge in [-0.1, -0.05) is 133 Å². The van der Waals surface area contributed by atoms with Gasteiger partial charge < -0.3 is 9.47 Å². The zero-order valence-corrected chi connectivity index (χ0v) is 27.4. The average molecular weight is 643 g/mol. The molecular formula is C46H30N2S. The molecule has 2 aromatic heterocycles. The van der Waals surface area contributed by atoms with Crippen LogP contribution in [-0.2, 0) is 0 Å². The van der Waals surface area contributed by atoms with Gasteiger partial charge in [0.15, 0.2) is 0 Å². The number of hydrogen-bond acceptors (Lipinski definition) is 2. The number of nitrogens with zero attached hydrogens (tertiary/aromatic N) is 2. The van der Waals surface area contributed by atoms with Crippen molar-refractivity contribution in [2.24, 2.45) is 0 Å². The molecule has 0 atom stereocenters. The van der Waals surface area contributed by atoms with Crippen LogP contribution in [0.3, 0.4) is 0 Å². The number of hydrogen-bond donors (Lipinski definition) is 0. The molecule has 0 bridgehead atoms. The third-order valence-corrected chi connectivity index (χ3v) is 11.0. The van der Waals surface area contributed by atoms with Crippen molar-refractivity contribution in [3.63, 3.8) is 0 Å². The molecule has 8 aromatic carbocycles. The highest BCUT2D eigenvalue weighted by Gasteiger charge is 2.23. The minimum atomic E-state index is 1.12. The Hall–Kier alpha value is -6.16. The lowest BCUT2D eigenvalue weighted by molar-refractivity contribution is 1.18. The minimum Gasteiger partial charge on any atom is -0.309 e. The fraction of sp³-hybridized carbons (Fsp3) is 0. The van der Waals surface area contributed by atoms with E-state index < -0.39 is 0 Å². The molecule has 0 saturated carbocycles. The summed E-state index contributed by atoms with van der Waals surface area (Å²) in [5.41, 5.74) is 9.42. The molecule has 2 nitrogen and oxygen atoms in total. The normalized spacial score (nSPS) is 11.7. The van der Waals surface area contributed by atoms with Crippen molar-refractivity contribution < 1.29 is 0 Å². The fourth-order valence-electron chi connectivity index (χ4n) is 7.53. The lowest BCUT2D eigenvalue weighted by atomic mass is 10.0. The Balaban J connectivity index is 1.31. The van der Waals surface area contributed by atoms with Gasteiger partial charge in [0.25, 0.3) is 0 Å². The van der Waals surface area contributed by atoms with E-state index in [1.165, 1.54) is 69.6 Å². The van der Waals surface area contributed by atoms with Gasteiger partial charge in [0.05, 0.1) is 27.1 Å². The summed E-state index contributed by atoms with van der Waals surface area (Å²) < 4.78 is 5.00. The summed E-state index contributed by atoms with van der Waals surface area (Å²) in [6, 6.07) is 66.2. The fourth-order valence-corrected chi connectivity index (χ4v) is 8.72. The van der Waals surface area contributed by atoms with E-state index in [4.69, 9.17) is 0 Å². The van der Waals surface area contributed by atoms with Crippen LogP contribution in [0.4, 0.5) is 17.1 Å². The second-order valence-electron chi connectivity index (χ2n) is 12.6. The Kier molecular flexibility index (Phi) is 6.39. The predicted octanol–water partition coefficient (Wildman–Crippen LogP) is 13.4. The van der Waals surface area contributed by atoms with Gasteiger partial charge in [0.2, 0.25) is 0 Å². The van der Waals surface area contributed by atoms with Gasteiger partial charge in [0, 0.05) is 43.0 Å². The monoisotopic (exact) mass is 642 g/mol. The zero-order chi connectivity index (χ0) is 32.3. The van der Waals surface area contributed by atoms with Gasteiger partial charge in [-0.15, -0.1) is 11.3 Å². The van der Waals surface area contributed by atoms with Crippen LogP contribution in [0.1, 0.15) is 0 Å². The van der Waals surface area contributed by atoms with Gasteiger partial charge in [0.1, 0.15) is 0 Å². The summed E-state index contributed by atoms with van der Waals surface area (Å²) >= 11 is 1.87. The average Bonchev–Trinajstić information content (AvgIpc) is 3.72. The van der Waals surface area contributed by atoms with Crippen LogP contribution in [0.2, 0.25) is 0 Å². The second-order valence-corrected chi connectivity index (χ2v) is 13.6. The number of thiophene rings is 1. The summed E-state index contributed by atoms with van der Waals surface area (Å²) in [5, 5.41) is 7.50. The molecule has 0 saturated heterocycles. The van der Waals surface area contributed by atoms with Crippen molar-refractivity contribution in [1.29, 1.82) is 0 Å². The first-order valence-electron chi connectivity index (χ1n) is 16.7. The maximum absolute atomic E-state index is 2.48. The zero-order valence-electron chi connectivity index (χ0n) is 26.6. The van der Waals surface area contributed by atoms with Gasteiger partial charge in [-0.3, -0.25) is 0 Å². The molecule has 0 aliphatic carbocycles. The highest BCUT2D eigenvalue weighted by molar-refractivity contribution is 7.26. The highest BCUT2D eigenvalue weighted by Crippen LogP contribution is 2.48. The first kappa shape index (κ1) is 27.9. The first-order chi connectivity index (χ1) is 24.3. The lowest BCUT2D eigenvalue weighted by Crippen LogP contribution is -2.11. The number of aromatic nitrogens is 1. The Morgan fingerprint density at radius 1 is 0.408 bits per heavy atom. The molecule has 49 heavy (non-hydrogen) atoms. The molecular weight excluding hydrogens is 613 g/mol. The molecule has 0 aliphatic heterocycles. The van der Waals surface area contributed by atoms with Gasteiger partial charge in [-0.25, -0.2) is 0 Å². The summed E-state index contributed by atoms with van der Waals surface area (Å²) in [4.78, 5) is 2.48. The van der Waals surface area contributed by atoms with Crippen molar-refractivity contribution in [1.82, 2.24) is 4.57 Å². The molecule has 0 unspecified atom stereocenters. The summed E-state index contributed by atoms with van der Waals surface area (Å²) in [6.45, 7) is 0. The largest absolute Gasteiger partial charge is 0.309 e. The number of para-hydroxylation sites is 2. The van der Waals surface area contributed by atoms with Crippen LogP contribution in [0.25, 0.3) is 69.6 Å². The van der Waals surface area contributed by atoms with Crippen LogP contribution in [-0.4, -0.2) is 4.57 Å². The van der Waals surface area contributed by atoms with Crippen LogP contribution in [0.15, 0.2) is 182 Å². The van der Waals surface area contributed by atoms with Crippen molar-refractivity contribution in [2.75, 3.05) is 4.90 Å². The van der Waals surface area contributed by atoms with Crippen molar-refractivity contribution in [3.05, 3.63) is 182 Å². The van der Waals surface area contributed by atoms with E-state index in [9.17, 15) is 0 Å². The third-order valence-electron chi connectivity index (χ3n) is 9.76. The van der Waals surface area contributed by atoms with E-state index in [-0.39, 0.29) is 0 Å². The molecule has 0 radical (unpaired) electrons. The second kappa shape index (κ2) is 11.2. The minimum absolute atomic E-state index is 1.12. The first-order valence-corrected chi connectivity index (χ1v) is 17.5. The third kappa shape index (κ3) is 4.47. The number of benzene rings is 8. The van der Waals surface area contributed by atoms with Crippen LogP contribution in [0, 0.1) is 0 Å². The summed E-state index contributed by atoms with van der Waals surface area (Å²) in [6.07, 6.45) is 0. The van der Waals surface area contributed by atoms with Gasteiger partial charge in [-0.05, 0) is 65.0 Å². The smallest absolute Gasteiger partial charge is 0.0661 e. The standard InChI is InChI=1S/C46H30N2S/c1-2-13-31(14-3-1)32-25-27-34(28-26-32)47(41-23-12-16-33-15-4-5-17-36(33)41)44-30-35(29-40-39-20-8-11-24-45(39)49-46(40)44)48-42-21-9-6-18-37(42)38-19-7-10-22-43(38)48/h1-30H. The van der Waals surface area contributed by atoms with Crippen LogP contribution >= 0.6 is 11.3 Å². The molecule has 0 amide bonds. The molecule has 3 heteroatoms.